The third-order valence-electron chi connectivity index (χ3n) is 3.53. The maximum atomic E-state index is 10.0. The van der Waals surface area contributed by atoms with Crippen molar-refractivity contribution in [3.63, 3.8) is 0 Å². The molecule has 3 atom stereocenters. The molecule has 0 bridgehead atoms. The second kappa shape index (κ2) is 8.99. The van der Waals surface area contributed by atoms with E-state index in [1.54, 1.807) is 7.05 Å². The molecule has 1 heterocycles. The van der Waals surface area contributed by atoms with Crippen molar-refractivity contribution in [2.75, 3.05) is 25.3 Å². The highest BCUT2D eigenvalue weighted by Gasteiger charge is 2.28. The third kappa shape index (κ3) is 4.82. The molecule has 0 unspecified atom stereocenters. The zero-order valence-corrected chi connectivity index (χ0v) is 14.4. The highest BCUT2D eigenvalue weighted by molar-refractivity contribution is 7.14. The first-order valence-corrected chi connectivity index (χ1v) is 8.43. The van der Waals surface area contributed by atoms with E-state index in [1.165, 1.54) is 16.3 Å². The Kier molecular flexibility index (Phi) is 7.00. The lowest BCUT2D eigenvalue weighted by molar-refractivity contribution is -0.0564. The minimum absolute atomic E-state index is 0.154. The molecule has 0 amide bonds. The Morgan fingerprint density at radius 3 is 2.48 bits per heavy atom. The van der Waals surface area contributed by atoms with Crippen molar-refractivity contribution in [2.24, 2.45) is 5.10 Å². The monoisotopic (exact) mass is 367 g/mol. The number of hydrogen-bond acceptors (Lipinski definition) is 9. The highest BCUT2D eigenvalue weighted by Crippen LogP contribution is 2.26. The minimum Gasteiger partial charge on any atom is -0.394 e. The van der Waals surface area contributed by atoms with Crippen LogP contribution >= 0.6 is 11.3 Å². The summed E-state index contributed by atoms with van der Waals surface area (Å²) in [6, 6.07) is 9.58. The molecule has 8 nitrogen and oxygen atoms in total. The largest absolute Gasteiger partial charge is 0.394 e. The van der Waals surface area contributed by atoms with Gasteiger partial charge in [0.15, 0.2) is 0 Å². The Morgan fingerprint density at radius 2 is 1.88 bits per heavy atom. The van der Waals surface area contributed by atoms with Crippen LogP contribution in [0.4, 0.5) is 5.13 Å². The number of anilines is 1. The van der Waals surface area contributed by atoms with E-state index in [0.717, 1.165) is 11.3 Å². The summed E-state index contributed by atoms with van der Waals surface area (Å²) < 4.78 is 0. The number of benzene rings is 1. The van der Waals surface area contributed by atoms with Gasteiger partial charge in [-0.25, -0.2) is 9.99 Å². The Hall–Kier alpha value is -1.88. The molecular weight excluding hydrogens is 346 g/mol. The lowest BCUT2D eigenvalue weighted by Crippen LogP contribution is -2.45. The second-order valence-corrected chi connectivity index (χ2v) is 6.18. The van der Waals surface area contributed by atoms with Gasteiger partial charge in [0.05, 0.1) is 24.6 Å². The van der Waals surface area contributed by atoms with Crippen LogP contribution in [0.1, 0.15) is 0 Å². The first-order valence-electron chi connectivity index (χ1n) is 7.56. The van der Waals surface area contributed by atoms with E-state index in [-0.39, 0.29) is 5.71 Å². The number of aliphatic hydroxyl groups is 5. The summed E-state index contributed by atoms with van der Waals surface area (Å²) in [7, 11) is 1.59. The van der Waals surface area contributed by atoms with Crippen molar-refractivity contribution < 1.29 is 25.5 Å². The minimum atomic E-state index is -1.67. The maximum Gasteiger partial charge on any atom is 0.206 e. The molecule has 0 aliphatic carbocycles. The maximum absolute atomic E-state index is 10.0. The van der Waals surface area contributed by atoms with Crippen LogP contribution in [0.25, 0.3) is 11.3 Å². The number of hydrogen-bond donors (Lipinski definition) is 5. The van der Waals surface area contributed by atoms with Gasteiger partial charge in [-0.2, -0.15) is 5.10 Å². The number of thiazole rings is 1. The van der Waals surface area contributed by atoms with Gasteiger partial charge < -0.3 is 25.5 Å². The molecule has 25 heavy (non-hydrogen) atoms. The number of aliphatic hydroxyl groups excluding tert-OH is 5. The van der Waals surface area contributed by atoms with E-state index < -0.39 is 31.5 Å². The van der Waals surface area contributed by atoms with E-state index >= 15 is 0 Å². The van der Waals surface area contributed by atoms with Gasteiger partial charge in [0, 0.05) is 18.0 Å². The number of aromatic nitrogens is 1. The van der Waals surface area contributed by atoms with Crippen molar-refractivity contribution in [2.45, 2.75) is 18.3 Å². The average Bonchev–Trinajstić information content (AvgIpc) is 3.15. The third-order valence-corrected chi connectivity index (χ3v) is 4.43. The quantitative estimate of drug-likeness (QED) is 0.319. The normalized spacial score (nSPS) is 15.7. The van der Waals surface area contributed by atoms with Gasteiger partial charge in [0.2, 0.25) is 5.13 Å². The van der Waals surface area contributed by atoms with Crippen LogP contribution in [-0.2, 0) is 0 Å². The number of rotatable bonds is 8. The van der Waals surface area contributed by atoms with Gasteiger partial charge in [-0.1, -0.05) is 30.3 Å². The molecule has 1 aromatic heterocycles. The molecule has 0 radical (unpaired) electrons. The molecule has 0 spiro atoms. The molecular formula is C16H21N3O5S. The van der Waals surface area contributed by atoms with Gasteiger partial charge in [0.1, 0.15) is 18.3 Å². The van der Waals surface area contributed by atoms with Gasteiger partial charge in [0.25, 0.3) is 0 Å². The van der Waals surface area contributed by atoms with Crippen LogP contribution in [0.2, 0.25) is 0 Å². The van der Waals surface area contributed by atoms with Crippen molar-refractivity contribution in [1.82, 2.24) is 4.98 Å². The first-order chi connectivity index (χ1) is 12.0. The van der Waals surface area contributed by atoms with Crippen LogP contribution in [0.5, 0.6) is 0 Å². The fourth-order valence-corrected chi connectivity index (χ4v) is 2.84. The van der Waals surface area contributed by atoms with Crippen LogP contribution in [0.15, 0.2) is 40.8 Å². The molecule has 2 rings (SSSR count). The molecule has 0 saturated heterocycles. The average molecular weight is 367 g/mol. The predicted octanol–water partition coefficient (Wildman–Crippen LogP) is -0.330. The summed E-state index contributed by atoms with van der Waals surface area (Å²) in [5, 5.41) is 55.2. The van der Waals surface area contributed by atoms with E-state index in [4.69, 9.17) is 5.11 Å². The van der Waals surface area contributed by atoms with Crippen LogP contribution < -0.4 is 5.01 Å². The van der Waals surface area contributed by atoms with Crippen molar-refractivity contribution >= 4 is 22.2 Å². The Balaban J connectivity index is 2.17. The van der Waals surface area contributed by atoms with Crippen LogP contribution in [0.3, 0.4) is 0 Å². The topological polar surface area (TPSA) is 130 Å². The molecule has 0 aliphatic rings. The predicted molar refractivity (Wildman–Crippen MR) is 95.6 cm³/mol. The first kappa shape index (κ1) is 19.4. The van der Waals surface area contributed by atoms with E-state index in [9.17, 15) is 20.4 Å². The van der Waals surface area contributed by atoms with Gasteiger partial charge in [-0.15, -0.1) is 11.3 Å². The van der Waals surface area contributed by atoms with Crippen molar-refractivity contribution in [3.8, 4) is 11.3 Å². The van der Waals surface area contributed by atoms with Crippen molar-refractivity contribution in [1.29, 1.82) is 0 Å². The van der Waals surface area contributed by atoms with E-state index in [2.05, 4.69) is 10.1 Å². The molecule has 5 N–H and O–H groups in total. The van der Waals surface area contributed by atoms with E-state index in [0.29, 0.717) is 5.13 Å². The SMILES string of the molecule is CN(/N=C(/CO)[C@@H](O)[C@H](O)[C@H](O)CO)c1nc(-c2ccccc2)cs1. The molecule has 1 aromatic carbocycles. The zero-order valence-electron chi connectivity index (χ0n) is 13.6. The van der Waals surface area contributed by atoms with E-state index in [1.807, 2.05) is 35.7 Å². The summed E-state index contributed by atoms with van der Waals surface area (Å²) >= 11 is 1.33. The lowest BCUT2D eigenvalue weighted by Gasteiger charge is -2.23. The Labute approximate surface area is 148 Å². The summed E-state index contributed by atoms with van der Waals surface area (Å²) in [4.78, 5) is 4.45. The van der Waals surface area contributed by atoms with Gasteiger partial charge in [-0.3, -0.25) is 0 Å². The summed E-state index contributed by atoms with van der Waals surface area (Å²) in [6.07, 6.45) is -4.83. The zero-order chi connectivity index (χ0) is 18.4. The summed E-state index contributed by atoms with van der Waals surface area (Å²) in [5.74, 6) is 0. The second-order valence-electron chi connectivity index (χ2n) is 5.34. The molecule has 9 heteroatoms. The number of nitrogens with zero attached hydrogens (tertiary/aromatic N) is 3. The highest BCUT2D eigenvalue weighted by atomic mass is 32.1. The van der Waals surface area contributed by atoms with Gasteiger partial charge in [-0.05, 0) is 0 Å². The summed E-state index contributed by atoms with van der Waals surface area (Å²) in [6.45, 7) is -1.35. The molecule has 0 fully saturated rings. The van der Waals surface area contributed by atoms with Crippen LogP contribution in [0, 0.1) is 0 Å². The Bertz CT molecular complexity index is 694. The van der Waals surface area contributed by atoms with Crippen molar-refractivity contribution in [3.05, 3.63) is 35.7 Å². The molecule has 0 saturated carbocycles. The smallest absolute Gasteiger partial charge is 0.206 e. The van der Waals surface area contributed by atoms with Crippen LogP contribution in [-0.4, -0.2) is 74.8 Å². The summed E-state index contributed by atoms with van der Waals surface area (Å²) in [5.41, 5.74) is 1.56. The fraction of sp³-hybridized carbons (Fsp3) is 0.375. The number of hydrazone groups is 1. The fourth-order valence-electron chi connectivity index (χ4n) is 2.09. The lowest BCUT2D eigenvalue weighted by atomic mass is 10.0. The van der Waals surface area contributed by atoms with Gasteiger partial charge >= 0.3 is 0 Å². The Morgan fingerprint density at radius 1 is 1.20 bits per heavy atom. The molecule has 0 aliphatic heterocycles. The standard InChI is InChI=1S/C16H21N3O5S/c1-19(18-11(7-20)14(23)15(24)13(22)8-21)16-17-12(9-25-16)10-5-3-2-4-6-10/h2-6,9,13-15,20-24H,7-8H2,1H3/b18-11-/t13-,14-,15-/m1/s1. The molecule has 2 aromatic rings. The molecule has 136 valence electrons.